The van der Waals surface area contributed by atoms with Crippen LogP contribution in [0.3, 0.4) is 0 Å². The number of aromatic nitrogens is 5. The van der Waals surface area contributed by atoms with Gasteiger partial charge in [0.15, 0.2) is 5.01 Å². The molecular weight excluding hydrogens is 483 g/mol. The molecule has 0 bridgehead atoms. The van der Waals surface area contributed by atoms with Crippen LogP contribution in [-0.2, 0) is 4.74 Å². The third-order valence-corrected chi connectivity index (χ3v) is 7.67. The van der Waals surface area contributed by atoms with Gasteiger partial charge in [-0.15, -0.1) is 10.2 Å². The van der Waals surface area contributed by atoms with Gasteiger partial charge in [-0.1, -0.05) is 11.3 Å². The first-order valence-electron chi connectivity index (χ1n) is 11.6. The minimum Gasteiger partial charge on any atom is -0.387 e. The van der Waals surface area contributed by atoms with Crippen LogP contribution in [0.4, 0.5) is 15.2 Å². The lowest BCUT2D eigenvalue weighted by atomic mass is 9.92. The normalized spacial score (nSPS) is 22.4. The van der Waals surface area contributed by atoms with Crippen molar-refractivity contribution < 1.29 is 14.2 Å². The number of alkyl halides is 1. The highest BCUT2D eigenvalue weighted by atomic mass is 32.1. The van der Waals surface area contributed by atoms with E-state index in [1.165, 1.54) is 24.5 Å². The van der Waals surface area contributed by atoms with E-state index in [0.717, 1.165) is 22.5 Å². The van der Waals surface area contributed by atoms with E-state index in [-0.39, 0.29) is 12.6 Å². The number of ether oxygens (including phenoxy) is 1. The van der Waals surface area contributed by atoms with Crippen LogP contribution in [-0.4, -0.2) is 74.0 Å². The number of nitrogens with zero attached hydrogens (tertiary/aromatic N) is 7. The number of pyridine rings is 1. The minimum atomic E-state index is -1.36. The van der Waals surface area contributed by atoms with Crippen molar-refractivity contribution in [1.82, 2.24) is 24.8 Å². The standard InChI is InChI=1S/C24H23FN8O2S/c1-24(34)4-5-32(11-21(24)25)23-31-30-22(36-23)17-10-27-19(7-18(17)29-15-12-35-13-15)20-3-2-16-6-14(8-26)9-28-33(16)20/h2-3,6-7,9-10,15,21,34H,4-5,11-13H2,1H3,(H,27,29)/t21-,24-/m0/s1. The molecule has 2 fully saturated rings. The van der Waals surface area contributed by atoms with Crippen LogP contribution >= 0.6 is 11.3 Å². The third-order valence-electron chi connectivity index (χ3n) is 6.65. The topological polar surface area (TPSA) is 124 Å². The molecule has 2 N–H and O–H groups in total. The van der Waals surface area contributed by atoms with Gasteiger partial charge < -0.3 is 20.1 Å². The highest BCUT2D eigenvalue weighted by Gasteiger charge is 2.39. The fourth-order valence-electron chi connectivity index (χ4n) is 4.30. The van der Waals surface area contributed by atoms with Gasteiger partial charge in [0, 0.05) is 18.4 Å². The second-order valence-corrected chi connectivity index (χ2v) is 10.3. The molecule has 4 aromatic heterocycles. The molecule has 2 aliphatic heterocycles. The average Bonchev–Trinajstić information content (AvgIpc) is 3.50. The predicted octanol–water partition coefficient (Wildman–Crippen LogP) is 2.90. The first-order chi connectivity index (χ1) is 17.4. The molecule has 0 aliphatic carbocycles. The summed E-state index contributed by atoms with van der Waals surface area (Å²) in [6, 6.07) is 9.83. The number of anilines is 2. The van der Waals surface area contributed by atoms with Crippen LogP contribution in [0, 0.1) is 11.3 Å². The highest BCUT2D eigenvalue weighted by Crippen LogP contribution is 2.37. The Balaban J connectivity index is 1.34. The molecule has 184 valence electrons. The van der Waals surface area contributed by atoms with Gasteiger partial charge in [0.1, 0.15) is 12.2 Å². The monoisotopic (exact) mass is 506 g/mol. The molecule has 6 heterocycles. The number of aliphatic hydroxyl groups is 1. The maximum Gasteiger partial charge on any atom is 0.208 e. The molecule has 12 heteroatoms. The van der Waals surface area contributed by atoms with E-state index < -0.39 is 11.8 Å². The zero-order valence-corrected chi connectivity index (χ0v) is 20.2. The molecule has 10 nitrogen and oxygen atoms in total. The Labute approximate surface area is 210 Å². The zero-order valence-electron chi connectivity index (χ0n) is 19.4. The predicted molar refractivity (Wildman–Crippen MR) is 133 cm³/mol. The largest absolute Gasteiger partial charge is 0.387 e. The van der Waals surface area contributed by atoms with Gasteiger partial charge in [0.25, 0.3) is 0 Å². The Bertz CT molecular complexity index is 1470. The summed E-state index contributed by atoms with van der Waals surface area (Å²) in [5, 5.41) is 37.2. The van der Waals surface area contributed by atoms with Crippen LogP contribution in [0.5, 0.6) is 0 Å². The van der Waals surface area contributed by atoms with Crippen molar-refractivity contribution in [3.63, 3.8) is 0 Å². The van der Waals surface area contributed by atoms with Gasteiger partial charge in [-0.3, -0.25) is 4.98 Å². The van der Waals surface area contributed by atoms with E-state index >= 15 is 0 Å². The Morgan fingerprint density at radius 2 is 2.14 bits per heavy atom. The zero-order chi connectivity index (χ0) is 24.9. The number of nitrogens with one attached hydrogen (secondary N) is 1. The lowest BCUT2D eigenvalue weighted by molar-refractivity contribution is -0.0330. The number of fused-ring (bicyclic) bond motifs is 1. The fourth-order valence-corrected chi connectivity index (χ4v) is 5.21. The van der Waals surface area contributed by atoms with Gasteiger partial charge in [0.05, 0.1) is 65.6 Å². The van der Waals surface area contributed by atoms with E-state index in [4.69, 9.17) is 15.0 Å². The van der Waals surface area contributed by atoms with Crippen molar-refractivity contribution in [1.29, 1.82) is 5.26 Å². The van der Waals surface area contributed by atoms with Crippen molar-refractivity contribution in [3.05, 3.63) is 42.2 Å². The Kier molecular flexibility index (Phi) is 5.55. The van der Waals surface area contributed by atoms with Crippen molar-refractivity contribution in [2.24, 2.45) is 0 Å². The summed E-state index contributed by atoms with van der Waals surface area (Å²) in [6.45, 7) is 3.33. The van der Waals surface area contributed by atoms with Crippen LogP contribution in [0.15, 0.2) is 36.7 Å². The van der Waals surface area contributed by atoms with Gasteiger partial charge >= 0.3 is 0 Å². The summed E-state index contributed by atoms with van der Waals surface area (Å²) in [5.41, 5.74) is 3.10. The summed E-state index contributed by atoms with van der Waals surface area (Å²) >= 11 is 1.37. The molecule has 6 rings (SSSR count). The van der Waals surface area contributed by atoms with E-state index in [9.17, 15) is 9.50 Å². The first kappa shape index (κ1) is 22.8. The number of hydrogen-bond acceptors (Lipinski definition) is 10. The van der Waals surface area contributed by atoms with Crippen LogP contribution in [0.2, 0.25) is 0 Å². The van der Waals surface area contributed by atoms with Crippen molar-refractivity contribution in [2.75, 3.05) is 36.5 Å². The van der Waals surface area contributed by atoms with Crippen LogP contribution in [0.1, 0.15) is 18.9 Å². The average molecular weight is 507 g/mol. The Morgan fingerprint density at radius 3 is 2.89 bits per heavy atom. The lowest BCUT2D eigenvalue weighted by Gasteiger charge is -2.38. The maximum atomic E-state index is 14.4. The minimum absolute atomic E-state index is 0.0745. The van der Waals surface area contributed by atoms with Gasteiger partial charge in [-0.2, -0.15) is 10.4 Å². The number of hydrogen-bond donors (Lipinski definition) is 2. The SMILES string of the molecule is C[C@]1(O)CCN(c2nnc(-c3cnc(-c4ccc5cc(C#N)cnn45)cc3NC3COC3)s2)C[C@@H]1F. The summed E-state index contributed by atoms with van der Waals surface area (Å²) in [5.74, 6) is 0. The molecule has 0 aromatic carbocycles. The van der Waals surface area contributed by atoms with E-state index in [1.54, 1.807) is 16.8 Å². The molecule has 0 spiro atoms. The van der Waals surface area contributed by atoms with E-state index in [2.05, 4.69) is 26.7 Å². The number of piperidine rings is 1. The van der Waals surface area contributed by atoms with Crippen LogP contribution in [0.25, 0.3) is 27.5 Å². The van der Waals surface area contributed by atoms with Gasteiger partial charge in [-0.25, -0.2) is 8.91 Å². The smallest absolute Gasteiger partial charge is 0.208 e. The van der Waals surface area contributed by atoms with Crippen molar-refractivity contribution in [2.45, 2.75) is 31.2 Å². The third kappa shape index (κ3) is 4.05. The van der Waals surface area contributed by atoms with E-state index in [1.807, 2.05) is 23.1 Å². The van der Waals surface area contributed by atoms with Crippen molar-refractivity contribution >= 4 is 27.7 Å². The number of rotatable bonds is 5. The molecule has 0 unspecified atom stereocenters. The highest BCUT2D eigenvalue weighted by molar-refractivity contribution is 7.18. The molecule has 0 amide bonds. The number of nitriles is 1. The molecule has 2 saturated heterocycles. The van der Waals surface area contributed by atoms with Gasteiger partial charge in [0.2, 0.25) is 5.13 Å². The molecule has 4 aromatic rings. The molecule has 2 atom stereocenters. The summed E-state index contributed by atoms with van der Waals surface area (Å²) < 4.78 is 21.5. The summed E-state index contributed by atoms with van der Waals surface area (Å²) in [4.78, 5) is 6.52. The molecular formula is C24H23FN8O2S. The maximum absolute atomic E-state index is 14.4. The quantitative estimate of drug-likeness (QED) is 0.420. The van der Waals surface area contributed by atoms with Crippen LogP contribution < -0.4 is 10.2 Å². The second kappa shape index (κ2) is 8.77. The molecule has 36 heavy (non-hydrogen) atoms. The van der Waals surface area contributed by atoms with E-state index in [0.29, 0.717) is 47.6 Å². The number of halogens is 1. The Hall–Kier alpha value is -3.66. The molecule has 0 saturated carbocycles. The lowest BCUT2D eigenvalue weighted by Crippen LogP contribution is -2.51. The second-order valence-electron chi connectivity index (χ2n) is 9.32. The Morgan fingerprint density at radius 1 is 1.28 bits per heavy atom. The molecule has 2 aliphatic rings. The summed E-state index contributed by atoms with van der Waals surface area (Å²) in [7, 11) is 0. The summed E-state index contributed by atoms with van der Waals surface area (Å²) in [6.07, 6.45) is 2.25. The van der Waals surface area contributed by atoms with Gasteiger partial charge in [-0.05, 0) is 37.6 Å². The van der Waals surface area contributed by atoms with Crippen molar-refractivity contribution in [3.8, 4) is 28.0 Å². The first-order valence-corrected chi connectivity index (χ1v) is 12.4. The molecule has 0 radical (unpaired) electrons. The fraction of sp³-hybridized carbons (Fsp3) is 0.375.